The third-order valence-electron chi connectivity index (χ3n) is 3.90. The Kier molecular flexibility index (Phi) is 7.01. The van der Waals surface area contributed by atoms with E-state index in [1.165, 1.54) is 38.5 Å². The number of methoxy groups -OCH3 is 1. The van der Waals surface area contributed by atoms with Gasteiger partial charge in [0.05, 0.1) is 6.10 Å². The molecule has 96 valence electrons. The van der Waals surface area contributed by atoms with Crippen molar-refractivity contribution in [2.75, 3.05) is 7.11 Å². The van der Waals surface area contributed by atoms with Gasteiger partial charge in [0, 0.05) is 13.2 Å². The Morgan fingerprint density at radius 2 is 1.94 bits per heavy atom. The molecule has 3 nitrogen and oxygen atoms in total. The summed E-state index contributed by atoms with van der Waals surface area (Å²) in [4.78, 5) is 0. The van der Waals surface area contributed by atoms with Crippen LogP contribution in [-0.2, 0) is 4.74 Å². The zero-order valence-corrected chi connectivity index (χ0v) is 10.9. The predicted octanol–water partition coefficient (Wildman–Crippen LogP) is 2.60. The number of ether oxygens (including phenoxy) is 1. The van der Waals surface area contributed by atoms with E-state index in [0.29, 0.717) is 12.1 Å². The van der Waals surface area contributed by atoms with E-state index in [-0.39, 0.29) is 0 Å². The molecule has 0 bridgehead atoms. The van der Waals surface area contributed by atoms with Crippen LogP contribution < -0.4 is 11.3 Å². The van der Waals surface area contributed by atoms with Crippen molar-refractivity contribution in [2.45, 2.75) is 70.4 Å². The summed E-state index contributed by atoms with van der Waals surface area (Å²) in [6.45, 7) is 2.12. The van der Waals surface area contributed by atoms with E-state index >= 15 is 0 Å². The summed E-state index contributed by atoms with van der Waals surface area (Å²) in [6.07, 6.45) is 10.9. The summed E-state index contributed by atoms with van der Waals surface area (Å²) in [5.74, 6) is 6.52. The van der Waals surface area contributed by atoms with Crippen molar-refractivity contribution in [1.82, 2.24) is 5.43 Å². The van der Waals surface area contributed by atoms with Crippen molar-refractivity contribution in [3.63, 3.8) is 0 Å². The van der Waals surface area contributed by atoms with Crippen molar-refractivity contribution in [1.29, 1.82) is 0 Å². The third kappa shape index (κ3) is 5.28. The second-order valence-corrected chi connectivity index (χ2v) is 5.23. The van der Waals surface area contributed by atoms with Crippen LogP contribution in [-0.4, -0.2) is 19.3 Å². The van der Waals surface area contributed by atoms with Crippen LogP contribution in [0.15, 0.2) is 0 Å². The van der Waals surface area contributed by atoms with Gasteiger partial charge in [-0.2, -0.15) is 0 Å². The smallest absolute Gasteiger partial charge is 0.0543 e. The summed E-state index contributed by atoms with van der Waals surface area (Å²) < 4.78 is 5.27. The zero-order chi connectivity index (χ0) is 11.8. The monoisotopic (exact) mass is 228 g/mol. The van der Waals surface area contributed by atoms with E-state index in [4.69, 9.17) is 10.6 Å². The molecule has 2 atom stereocenters. The fourth-order valence-corrected chi connectivity index (χ4v) is 2.65. The first-order valence-corrected chi connectivity index (χ1v) is 6.75. The molecule has 0 aromatic rings. The van der Waals surface area contributed by atoms with Gasteiger partial charge in [-0.3, -0.25) is 11.3 Å². The van der Waals surface area contributed by atoms with E-state index in [2.05, 4.69) is 12.3 Å². The van der Waals surface area contributed by atoms with Gasteiger partial charge in [-0.15, -0.1) is 0 Å². The van der Waals surface area contributed by atoms with Crippen molar-refractivity contribution >= 4 is 0 Å². The first kappa shape index (κ1) is 13.9. The maximum atomic E-state index is 5.63. The minimum atomic E-state index is 0.349. The van der Waals surface area contributed by atoms with Crippen LogP contribution in [0.3, 0.4) is 0 Å². The van der Waals surface area contributed by atoms with E-state index < -0.39 is 0 Å². The van der Waals surface area contributed by atoms with Crippen LogP contribution in [0.1, 0.15) is 58.3 Å². The van der Waals surface area contributed by atoms with Gasteiger partial charge < -0.3 is 4.74 Å². The molecule has 1 aliphatic carbocycles. The molecule has 16 heavy (non-hydrogen) atoms. The lowest BCUT2D eigenvalue weighted by atomic mass is 9.84. The van der Waals surface area contributed by atoms with Crippen LogP contribution >= 0.6 is 0 Å². The molecule has 0 aromatic heterocycles. The standard InChI is InChI=1S/C13H28N2O/c1-11(16-2)8-9-13(15-14)10-12-6-4-3-5-7-12/h11-13,15H,3-10,14H2,1-2H3. The highest BCUT2D eigenvalue weighted by molar-refractivity contribution is 4.74. The van der Waals surface area contributed by atoms with Crippen molar-refractivity contribution in [2.24, 2.45) is 11.8 Å². The Morgan fingerprint density at radius 3 is 2.50 bits per heavy atom. The Hall–Kier alpha value is -0.120. The fourth-order valence-electron chi connectivity index (χ4n) is 2.65. The normalized spacial score (nSPS) is 21.9. The van der Waals surface area contributed by atoms with Crippen molar-refractivity contribution in [3.8, 4) is 0 Å². The molecule has 0 amide bonds. The van der Waals surface area contributed by atoms with E-state index in [9.17, 15) is 0 Å². The lowest BCUT2D eigenvalue weighted by molar-refractivity contribution is 0.104. The molecule has 0 heterocycles. The third-order valence-corrected chi connectivity index (χ3v) is 3.90. The summed E-state index contributed by atoms with van der Waals surface area (Å²) >= 11 is 0. The molecule has 0 saturated heterocycles. The highest BCUT2D eigenvalue weighted by Gasteiger charge is 2.18. The second kappa shape index (κ2) is 8.04. The Labute approximate surface area is 100 Å². The lowest BCUT2D eigenvalue weighted by Crippen LogP contribution is -2.37. The number of nitrogens with one attached hydrogen (secondary N) is 1. The molecule has 1 aliphatic rings. The summed E-state index contributed by atoms with van der Waals surface area (Å²) in [7, 11) is 1.77. The van der Waals surface area contributed by atoms with Crippen LogP contribution in [0.2, 0.25) is 0 Å². The molecule has 0 radical (unpaired) electrons. The van der Waals surface area contributed by atoms with Gasteiger partial charge in [-0.05, 0) is 32.1 Å². The van der Waals surface area contributed by atoms with E-state index in [1.807, 2.05) is 0 Å². The average Bonchev–Trinajstić information content (AvgIpc) is 2.35. The second-order valence-electron chi connectivity index (χ2n) is 5.23. The zero-order valence-electron chi connectivity index (χ0n) is 10.9. The quantitative estimate of drug-likeness (QED) is 0.520. The van der Waals surface area contributed by atoms with Gasteiger partial charge in [-0.1, -0.05) is 32.1 Å². The summed E-state index contributed by atoms with van der Waals surface area (Å²) in [6, 6.07) is 0.473. The number of hydrogen-bond donors (Lipinski definition) is 2. The maximum Gasteiger partial charge on any atom is 0.0543 e. The Morgan fingerprint density at radius 1 is 1.25 bits per heavy atom. The minimum absolute atomic E-state index is 0.349. The molecule has 3 heteroatoms. The Balaban J connectivity index is 2.19. The molecule has 0 aliphatic heterocycles. The topological polar surface area (TPSA) is 47.3 Å². The molecule has 2 unspecified atom stereocenters. The van der Waals surface area contributed by atoms with Crippen LogP contribution in [0, 0.1) is 5.92 Å². The first-order chi connectivity index (χ1) is 7.76. The summed E-state index contributed by atoms with van der Waals surface area (Å²) in [5.41, 5.74) is 2.97. The van der Waals surface area contributed by atoms with Gasteiger partial charge >= 0.3 is 0 Å². The van der Waals surface area contributed by atoms with E-state index in [0.717, 1.165) is 18.8 Å². The van der Waals surface area contributed by atoms with Gasteiger partial charge in [0.2, 0.25) is 0 Å². The van der Waals surface area contributed by atoms with Crippen LogP contribution in [0.25, 0.3) is 0 Å². The molecular formula is C13H28N2O. The van der Waals surface area contributed by atoms with Gasteiger partial charge in [0.15, 0.2) is 0 Å². The van der Waals surface area contributed by atoms with Gasteiger partial charge in [0.25, 0.3) is 0 Å². The van der Waals surface area contributed by atoms with E-state index in [1.54, 1.807) is 7.11 Å². The SMILES string of the molecule is COC(C)CCC(CC1CCCCC1)NN. The lowest BCUT2D eigenvalue weighted by Gasteiger charge is -2.26. The predicted molar refractivity (Wildman–Crippen MR) is 68.0 cm³/mol. The summed E-state index contributed by atoms with van der Waals surface area (Å²) in [5, 5.41) is 0. The maximum absolute atomic E-state index is 5.63. The number of rotatable bonds is 7. The fraction of sp³-hybridized carbons (Fsp3) is 1.00. The van der Waals surface area contributed by atoms with Crippen molar-refractivity contribution < 1.29 is 4.74 Å². The average molecular weight is 228 g/mol. The number of nitrogens with two attached hydrogens (primary N) is 1. The molecule has 0 spiro atoms. The van der Waals surface area contributed by atoms with Crippen LogP contribution in [0.5, 0.6) is 0 Å². The molecule has 0 aromatic carbocycles. The first-order valence-electron chi connectivity index (χ1n) is 6.75. The molecule has 1 rings (SSSR count). The minimum Gasteiger partial charge on any atom is -0.382 e. The van der Waals surface area contributed by atoms with Gasteiger partial charge in [0.1, 0.15) is 0 Å². The molecule has 1 fully saturated rings. The Bertz CT molecular complexity index is 169. The van der Waals surface area contributed by atoms with Crippen molar-refractivity contribution in [3.05, 3.63) is 0 Å². The number of hydrazine groups is 1. The highest BCUT2D eigenvalue weighted by atomic mass is 16.5. The largest absolute Gasteiger partial charge is 0.382 e. The highest BCUT2D eigenvalue weighted by Crippen LogP contribution is 2.28. The molecule has 1 saturated carbocycles. The number of hydrogen-bond acceptors (Lipinski definition) is 3. The molecular weight excluding hydrogens is 200 g/mol. The van der Waals surface area contributed by atoms with Gasteiger partial charge in [-0.25, -0.2) is 0 Å². The van der Waals surface area contributed by atoms with Crippen LogP contribution in [0.4, 0.5) is 0 Å². The molecule has 3 N–H and O–H groups in total.